The predicted octanol–water partition coefficient (Wildman–Crippen LogP) is 2.84. The highest BCUT2D eigenvalue weighted by atomic mass is 79.9. The van der Waals surface area contributed by atoms with E-state index in [1.54, 1.807) is 11.3 Å². The van der Waals surface area contributed by atoms with Gasteiger partial charge in [0.1, 0.15) is 0 Å². The molecule has 2 atom stereocenters. The molecule has 3 rings (SSSR count). The number of thioether (sulfide) groups is 1. The van der Waals surface area contributed by atoms with Crippen LogP contribution in [0.3, 0.4) is 0 Å². The van der Waals surface area contributed by atoms with Gasteiger partial charge in [0.15, 0.2) is 0 Å². The molecule has 2 nitrogen and oxygen atoms in total. The summed E-state index contributed by atoms with van der Waals surface area (Å²) in [5, 5.41) is 2.63. The Labute approximate surface area is 105 Å². The van der Waals surface area contributed by atoms with Crippen LogP contribution in [0, 0.1) is 0 Å². The average molecular weight is 304 g/mol. The van der Waals surface area contributed by atoms with Gasteiger partial charge in [-0.15, -0.1) is 11.3 Å². The van der Waals surface area contributed by atoms with E-state index >= 15 is 0 Å². The van der Waals surface area contributed by atoms with E-state index in [1.165, 1.54) is 6.42 Å². The van der Waals surface area contributed by atoms with Gasteiger partial charge in [0, 0.05) is 29.0 Å². The predicted molar refractivity (Wildman–Crippen MR) is 67.7 cm³/mol. The Morgan fingerprint density at radius 3 is 3.00 bits per heavy atom. The Hall–Kier alpha value is -0.000000000000000167. The zero-order valence-electron chi connectivity index (χ0n) is 7.98. The van der Waals surface area contributed by atoms with Crippen LogP contribution in [0.1, 0.15) is 16.8 Å². The van der Waals surface area contributed by atoms with Crippen LogP contribution in [-0.4, -0.2) is 34.4 Å². The normalized spacial score (nSPS) is 28.7. The van der Waals surface area contributed by atoms with Gasteiger partial charge in [0.2, 0.25) is 0 Å². The Balaban J connectivity index is 1.81. The number of rotatable bonds is 1. The topological polar surface area (TPSA) is 20.3 Å². The van der Waals surface area contributed by atoms with Gasteiger partial charge < -0.3 is 4.90 Å². The minimum absolute atomic E-state index is 0.213. The second kappa shape index (κ2) is 3.79. The Bertz CT molecular complexity index is 406. The van der Waals surface area contributed by atoms with Crippen LogP contribution in [0.15, 0.2) is 15.2 Å². The van der Waals surface area contributed by atoms with Gasteiger partial charge in [-0.3, -0.25) is 4.79 Å². The molecule has 0 aromatic carbocycles. The van der Waals surface area contributed by atoms with E-state index in [0.717, 1.165) is 21.6 Å². The van der Waals surface area contributed by atoms with Crippen LogP contribution in [0.2, 0.25) is 0 Å². The molecule has 2 aliphatic rings. The first-order valence-electron chi connectivity index (χ1n) is 4.90. The van der Waals surface area contributed by atoms with E-state index in [1.807, 2.05) is 23.2 Å². The molecule has 2 bridgehead atoms. The molecule has 80 valence electrons. The molecule has 2 unspecified atom stereocenters. The van der Waals surface area contributed by atoms with E-state index in [9.17, 15) is 4.79 Å². The van der Waals surface area contributed by atoms with Gasteiger partial charge >= 0.3 is 0 Å². The van der Waals surface area contributed by atoms with Crippen LogP contribution in [0.4, 0.5) is 0 Å². The Morgan fingerprint density at radius 2 is 2.47 bits per heavy atom. The van der Waals surface area contributed by atoms with Gasteiger partial charge in [-0.2, -0.15) is 11.8 Å². The maximum Gasteiger partial charge on any atom is 0.255 e. The molecular formula is C10H10BrNOS2. The number of hydrogen-bond acceptors (Lipinski definition) is 3. The number of nitrogens with zero attached hydrogens (tertiary/aromatic N) is 1. The first-order valence-corrected chi connectivity index (χ1v) is 7.63. The lowest BCUT2D eigenvalue weighted by molar-refractivity contribution is 0.0748. The third-order valence-electron chi connectivity index (χ3n) is 2.98. The molecule has 2 aliphatic heterocycles. The highest BCUT2D eigenvalue weighted by molar-refractivity contribution is 9.11. The smallest absolute Gasteiger partial charge is 0.255 e. The highest BCUT2D eigenvalue weighted by Crippen LogP contribution is 2.38. The van der Waals surface area contributed by atoms with Crippen LogP contribution < -0.4 is 0 Å². The monoisotopic (exact) mass is 303 g/mol. The molecule has 2 fully saturated rings. The van der Waals surface area contributed by atoms with Crippen LogP contribution in [0.25, 0.3) is 0 Å². The van der Waals surface area contributed by atoms with Crippen molar-refractivity contribution < 1.29 is 4.79 Å². The van der Waals surface area contributed by atoms with Crippen molar-refractivity contribution in [2.75, 3.05) is 12.3 Å². The number of hydrogen-bond donors (Lipinski definition) is 0. The van der Waals surface area contributed by atoms with Crippen LogP contribution >= 0.6 is 39.0 Å². The zero-order valence-corrected chi connectivity index (χ0v) is 11.2. The summed E-state index contributed by atoms with van der Waals surface area (Å²) in [4.78, 5) is 14.2. The summed E-state index contributed by atoms with van der Waals surface area (Å²) < 4.78 is 1.03. The van der Waals surface area contributed by atoms with Gasteiger partial charge in [-0.25, -0.2) is 0 Å². The number of thiophene rings is 1. The molecule has 0 saturated carbocycles. The molecule has 1 aromatic rings. The quantitative estimate of drug-likeness (QED) is 0.795. The summed E-state index contributed by atoms with van der Waals surface area (Å²) in [7, 11) is 0. The van der Waals surface area contributed by atoms with Crippen molar-refractivity contribution in [2.45, 2.75) is 17.7 Å². The van der Waals surface area contributed by atoms with Crippen molar-refractivity contribution in [1.82, 2.24) is 4.90 Å². The van der Waals surface area contributed by atoms with Crippen molar-refractivity contribution >= 4 is 44.9 Å². The summed E-state index contributed by atoms with van der Waals surface area (Å²) in [6, 6.07) is 2.41. The van der Waals surface area contributed by atoms with Crippen molar-refractivity contribution in [3.8, 4) is 0 Å². The average Bonchev–Trinajstić information content (AvgIpc) is 2.90. The number of carbonyl (C=O) groups is 1. The second-order valence-corrected chi connectivity index (χ2v) is 7.57. The first kappa shape index (κ1) is 10.2. The summed E-state index contributed by atoms with van der Waals surface area (Å²) in [6.45, 7) is 0.946. The largest absolute Gasteiger partial charge is 0.334 e. The molecule has 2 saturated heterocycles. The number of likely N-dealkylation sites (tertiary alicyclic amines) is 1. The van der Waals surface area contributed by atoms with Crippen molar-refractivity contribution in [3.05, 3.63) is 20.8 Å². The SMILES string of the molecule is O=C(c1csc(Br)c1)N1CC2CC1CS2. The maximum absolute atomic E-state index is 12.2. The van der Waals surface area contributed by atoms with E-state index in [2.05, 4.69) is 20.8 Å². The molecule has 15 heavy (non-hydrogen) atoms. The van der Waals surface area contributed by atoms with Gasteiger partial charge in [0.25, 0.3) is 5.91 Å². The van der Waals surface area contributed by atoms with Gasteiger partial charge in [-0.05, 0) is 28.4 Å². The molecule has 1 amide bonds. The zero-order chi connectivity index (χ0) is 10.4. The van der Waals surface area contributed by atoms with Crippen molar-refractivity contribution in [1.29, 1.82) is 0 Å². The van der Waals surface area contributed by atoms with E-state index in [4.69, 9.17) is 0 Å². The van der Waals surface area contributed by atoms with E-state index < -0.39 is 0 Å². The first-order chi connectivity index (χ1) is 7.24. The molecule has 0 radical (unpaired) electrons. The molecule has 0 spiro atoms. The van der Waals surface area contributed by atoms with Crippen molar-refractivity contribution in [2.24, 2.45) is 0 Å². The third-order valence-corrected chi connectivity index (χ3v) is 5.87. The molecule has 1 aromatic heterocycles. The lowest BCUT2D eigenvalue weighted by atomic mass is 10.2. The fourth-order valence-electron chi connectivity index (χ4n) is 2.24. The minimum atomic E-state index is 0.213. The van der Waals surface area contributed by atoms with Gasteiger partial charge in [-0.1, -0.05) is 0 Å². The summed E-state index contributed by atoms with van der Waals surface area (Å²) in [6.07, 6.45) is 1.20. The molecule has 3 heterocycles. The fraction of sp³-hybridized carbons (Fsp3) is 0.500. The number of amides is 1. The van der Waals surface area contributed by atoms with E-state index in [-0.39, 0.29) is 5.91 Å². The summed E-state index contributed by atoms with van der Waals surface area (Å²) in [5.74, 6) is 1.34. The second-order valence-electron chi connectivity index (χ2n) is 3.94. The molecule has 5 heteroatoms. The lowest BCUT2D eigenvalue weighted by Gasteiger charge is -2.26. The number of carbonyl (C=O) groups excluding carboxylic acids is 1. The Kier molecular flexibility index (Phi) is 2.57. The van der Waals surface area contributed by atoms with Crippen LogP contribution in [0.5, 0.6) is 0 Å². The lowest BCUT2D eigenvalue weighted by Crippen LogP contribution is -2.38. The van der Waals surface area contributed by atoms with Crippen molar-refractivity contribution in [3.63, 3.8) is 0 Å². The molecule has 0 aliphatic carbocycles. The van der Waals surface area contributed by atoms with Gasteiger partial charge in [0.05, 0.1) is 9.35 Å². The number of fused-ring (bicyclic) bond motifs is 2. The maximum atomic E-state index is 12.2. The standard InChI is InChI=1S/C10H10BrNOS2/c11-9-1-6(4-15-9)10(13)12-3-8-2-7(12)5-14-8/h1,4,7-8H,2-3,5H2. The number of halogens is 1. The molecular weight excluding hydrogens is 294 g/mol. The minimum Gasteiger partial charge on any atom is -0.334 e. The Morgan fingerprint density at radius 1 is 1.60 bits per heavy atom. The highest BCUT2D eigenvalue weighted by Gasteiger charge is 2.41. The third kappa shape index (κ3) is 1.74. The fourth-order valence-corrected chi connectivity index (χ4v) is 4.80. The molecule has 0 N–H and O–H groups in total. The van der Waals surface area contributed by atoms with Crippen LogP contribution in [-0.2, 0) is 0 Å². The summed E-state index contributed by atoms with van der Waals surface area (Å²) >= 11 is 6.98. The summed E-state index contributed by atoms with van der Waals surface area (Å²) in [5.41, 5.74) is 0.837. The van der Waals surface area contributed by atoms with E-state index in [0.29, 0.717) is 11.3 Å².